The lowest BCUT2D eigenvalue weighted by atomic mass is 9.64. The Hall–Kier alpha value is -5.04. The van der Waals surface area contributed by atoms with E-state index in [1.54, 1.807) is 72.8 Å². The fraction of sp³-hybridized carbons (Fsp3) is 0.194. The molecule has 2 aliphatic heterocycles. The van der Waals surface area contributed by atoms with E-state index in [4.69, 9.17) is 9.47 Å². The number of ether oxygens (including phenoxy) is 2. The van der Waals surface area contributed by atoms with Crippen molar-refractivity contribution in [2.24, 2.45) is 5.41 Å². The largest absolute Gasteiger partial charge is 0.497 e. The minimum atomic E-state index is -1.68. The van der Waals surface area contributed by atoms with Crippen LogP contribution in [0.15, 0.2) is 97.1 Å². The number of rotatable bonds is 6. The Morgan fingerprint density at radius 3 is 2.35 bits per heavy atom. The van der Waals surface area contributed by atoms with E-state index in [0.29, 0.717) is 51.6 Å². The van der Waals surface area contributed by atoms with Crippen LogP contribution in [0.25, 0.3) is 6.08 Å². The molecule has 6 nitrogen and oxygen atoms in total. The van der Waals surface area contributed by atoms with Crippen LogP contribution < -0.4 is 14.4 Å². The highest BCUT2D eigenvalue weighted by molar-refractivity contribution is 6.32. The van der Waals surface area contributed by atoms with Crippen molar-refractivity contribution in [2.45, 2.75) is 24.9 Å². The summed E-state index contributed by atoms with van der Waals surface area (Å²) >= 11 is 0. The van der Waals surface area contributed by atoms with Gasteiger partial charge in [0.25, 0.3) is 0 Å². The average Bonchev–Trinajstić information content (AvgIpc) is 3.47. The summed E-state index contributed by atoms with van der Waals surface area (Å²) in [6.45, 7) is 2.21. The van der Waals surface area contributed by atoms with E-state index in [9.17, 15) is 18.8 Å². The lowest BCUT2D eigenvalue weighted by Crippen LogP contribution is -2.48. The SMILES string of the molecule is CCOc1ccccc1[C@H]1[C@H](C(=O)c2cccc(OC)c2)N2c3ccc(F)cc3C=C[C@@H]2C12C(=O)c1ccccc1C2=O. The second-order valence-electron chi connectivity index (χ2n) is 11.0. The highest BCUT2D eigenvalue weighted by Gasteiger charge is 2.72. The number of halogens is 1. The fourth-order valence-corrected chi connectivity index (χ4v) is 7.26. The summed E-state index contributed by atoms with van der Waals surface area (Å²) in [5.41, 5.74) is 1.07. The average molecular weight is 574 g/mol. The van der Waals surface area contributed by atoms with E-state index in [2.05, 4.69) is 0 Å². The van der Waals surface area contributed by atoms with Crippen LogP contribution in [0.4, 0.5) is 10.1 Å². The molecule has 1 aliphatic carbocycles. The quantitative estimate of drug-likeness (QED) is 0.192. The van der Waals surface area contributed by atoms with Gasteiger partial charge in [-0.2, -0.15) is 0 Å². The van der Waals surface area contributed by atoms with Gasteiger partial charge in [-0.05, 0) is 43.3 Å². The molecule has 214 valence electrons. The molecule has 1 saturated heterocycles. The zero-order valence-corrected chi connectivity index (χ0v) is 23.6. The monoisotopic (exact) mass is 573 g/mol. The Bertz CT molecular complexity index is 1810. The molecular formula is C36H28FNO5. The number of hydrogen-bond acceptors (Lipinski definition) is 6. The summed E-state index contributed by atoms with van der Waals surface area (Å²) < 4.78 is 26.0. The summed E-state index contributed by atoms with van der Waals surface area (Å²) in [4.78, 5) is 46.3. The predicted octanol–water partition coefficient (Wildman–Crippen LogP) is 6.55. The van der Waals surface area contributed by atoms with E-state index in [0.717, 1.165) is 0 Å². The number of carbonyl (C=O) groups is 3. The standard InChI is InChI=1S/C36H28FNO5/c1-3-43-29-14-7-6-13-27(29)31-32(33(39)22-9-8-10-24(20-22)42-2)38-28-17-16-23(37)19-21(28)15-18-30(38)36(31)34(40)25-11-4-5-12-26(25)35(36)41/h4-20,30-32H,3H2,1-2H3/t30-,31+,32-/m1/s1. The van der Waals surface area contributed by atoms with Crippen molar-refractivity contribution in [1.82, 2.24) is 0 Å². The summed E-state index contributed by atoms with van der Waals surface area (Å²) in [6, 6.07) is 23.5. The molecule has 2 heterocycles. The van der Waals surface area contributed by atoms with Crippen LogP contribution in [0.1, 0.15) is 55.0 Å². The Morgan fingerprint density at radius 2 is 1.63 bits per heavy atom. The molecule has 0 unspecified atom stereocenters. The van der Waals surface area contributed by atoms with Gasteiger partial charge in [-0.3, -0.25) is 14.4 Å². The van der Waals surface area contributed by atoms with Gasteiger partial charge in [0.15, 0.2) is 17.3 Å². The number of fused-ring (bicyclic) bond motifs is 5. The van der Waals surface area contributed by atoms with Crippen LogP contribution in [-0.2, 0) is 0 Å². The summed E-state index contributed by atoms with van der Waals surface area (Å²) in [7, 11) is 1.53. The molecule has 3 atom stereocenters. The van der Waals surface area contributed by atoms with Crippen LogP contribution in [-0.4, -0.2) is 43.2 Å². The molecule has 0 amide bonds. The molecule has 7 heteroatoms. The Morgan fingerprint density at radius 1 is 0.907 bits per heavy atom. The van der Waals surface area contributed by atoms with Gasteiger partial charge >= 0.3 is 0 Å². The molecule has 3 aliphatic rings. The third-order valence-electron chi connectivity index (χ3n) is 8.94. The van der Waals surface area contributed by atoms with Crippen molar-refractivity contribution >= 4 is 29.1 Å². The first kappa shape index (κ1) is 26.8. The van der Waals surface area contributed by atoms with Crippen molar-refractivity contribution in [2.75, 3.05) is 18.6 Å². The molecule has 1 spiro atoms. The Labute approximate surface area is 248 Å². The van der Waals surface area contributed by atoms with Crippen molar-refractivity contribution in [3.8, 4) is 11.5 Å². The number of ketones is 3. The van der Waals surface area contributed by atoms with E-state index >= 15 is 0 Å². The number of benzene rings is 4. The summed E-state index contributed by atoms with van der Waals surface area (Å²) in [5.74, 6) is -1.33. The molecule has 7 rings (SSSR count). The molecule has 0 bridgehead atoms. The molecule has 4 aromatic carbocycles. The van der Waals surface area contributed by atoms with E-state index in [-0.39, 0.29) is 17.3 Å². The normalized spacial score (nSPS) is 21.0. The highest BCUT2D eigenvalue weighted by atomic mass is 19.1. The van der Waals surface area contributed by atoms with Crippen molar-refractivity contribution in [3.63, 3.8) is 0 Å². The topological polar surface area (TPSA) is 72.9 Å². The number of Topliss-reactive ketones (excluding diaryl/α,β-unsaturated/α-hetero) is 3. The van der Waals surface area contributed by atoms with Crippen molar-refractivity contribution in [3.05, 3.63) is 131 Å². The van der Waals surface area contributed by atoms with Crippen LogP contribution in [0.2, 0.25) is 0 Å². The number of hydrogen-bond donors (Lipinski definition) is 0. The van der Waals surface area contributed by atoms with Crippen molar-refractivity contribution in [1.29, 1.82) is 0 Å². The zero-order valence-electron chi connectivity index (χ0n) is 23.6. The van der Waals surface area contributed by atoms with Gasteiger partial charge in [-0.25, -0.2) is 4.39 Å². The molecule has 0 aromatic heterocycles. The number of nitrogens with zero attached hydrogens (tertiary/aromatic N) is 1. The van der Waals surface area contributed by atoms with Gasteiger partial charge in [-0.1, -0.05) is 66.7 Å². The molecule has 4 aromatic rings. The molecule has 1 fully saturated rings. The van der Waals surface area contributed by atoms with Crippen LogP contribution in [0.3, 0.4) is 0 Å². The van der Waals surface area contributed by atoms with E-state index in [1.807, 2.05) is 30.0 Å². The fourth-order valence-electron chi connectivity index (χ4n) is 7.26. The number of methoxy groups -OCH3 is 1. The first-order valence-electron chi connectivity index (χ1n) is 14.3. The lowest BCUT2D eigenvalue weighted by Gasteiger charge is -2.37. The van der Waals surface area contributed by atoms with Crippen molar-refractivity contribution < 1.29 is 28.2 Å². The van der Waals surface area contributed by atoms with Crippen LogP contribution in [0, 0.1) is 11.2 Å². The van der Waals surface area contributed by atoms with Gasteiger partial charge in [0.2, 0.25) is 0 Å². The predicted molar refractivity (Wildman–Crippen MR) is 161 cm³/mol. The molecule has 0 N–H and O–H groups in total. The minimum Gasteiger partial charge on any atom is -0.497 e. The second-order valence-corrected chi connectivity index (χ2v) is 11.0. The third kappa shape index (κ3) is 3.74. The minimum absolute atomic E-state index is 0.292. The molecule has 43 heavy (non-hydrogen) atoms. The molecular weight excluding hydrogens is 545 g/mol. The second kappa shape index (κ2) is 10.1. The van der Waals surface area contributed by atoms with Gasteiger partial charge in [0.1, 0.15) is 28.8 Å². The molecule has 0 radical (unpaired) electrons. The first-order valence-corrected chi connectivity index (χ1v) is 14.3. The van der Waals surface area contributed by atoms with Gasteiger partial charge in [0.05, 0.1) is 19.8 Å². The highest BCUT2D eigenvalue weighted by Crippen LogP contribution is 2.62. The Balaban J connectivity index is 1.56. The number of anilines is 1. The van der Waals surface area contributed by atoms with Gasteiger partial charge < -0.3 is 14.4 Å². The summed E-state index contributed by atoms with van der Waals surface area (Å²) in [6.07, 6.45) is 3.52. The number of para-hydroxylation sites is 1. The lowest BCUT2D eigenvalue weighted by molar-refractivity contribution is 0.0664. The maximum atomic E-state index is 14.9. The maximum Gasteiger partial charge on any atom is 0.186 e. The third-order valence-corrected chi connectivity index (χ3v) is 8.94. The maximum absolute atomic E-state index is 14.9. The van der Waals surface area contributed by atoms with Gasteiger partial charge in [0, 0.05) is 39.4 Å². The molecule has 0 saturated carbocycles. The van der Waals surface area contributed by atoms with Gasteiger partial charge in [-0.15, -0.1) is 0 Å². The van der Waals surface area contributed by atoms with Crippen LogP contribution >= 0.6 is 0 Å². The van der Waals surface area contributed by atoms with Crippen LogP contribution in [0.5, 0.6) is 11.5 Å². The van der Waals surface area contributed by atoms with E-state index < -0.39 is 29.2 Å². The number of carbonyl (C=O) groups excluding carboxylic acids is 3. The summed E-state index contributed by atoms with van der Waals surface area (Å²) in [5, 5.41) is 0. The zero-order chi connectivity index (χ0) is 29.9. The smallest absolute Gasteiger partial charge is 0.186 e. The first-order chi connectivity index (χ1) is 20.9. The Kier molecular flexibility index (Phi) is 6.27. The van der Waals surface area contributed by atoms with E-state index in [1.165, 1.54) is 19.2 Å².